The number of halogens is 1. The normalized spacial score (nSPS) is 17.8. The van der Waals surface area contributed by atoms with E-state index >= 15 is 0 Å². The molecule has 0 aromatic rings. The second-order valence-corrected chi connectivity index (χ2v) is 5.44. The minimum absolute atomic E-state index is 0.0692. The van der Waals surface area contributed by atoms with Crippen molar-refractivity contribution in [2.24, 2.45) is 5.92 Å². The molecule has 3 atom stereocenters. The zero-order chi connectivity index (χ0) is 10.4. The first-order chi connectivity index (χ1) is 5.99. The van der Waals surface area contributed by atoms with Crippen LogP contribution in [0.1, 0.15) is 26.7 Å². The predicted molar refractivity (Wildman–Crippen MR) is 62.2 cm³/mol. The van der Waals surface area contributed by atoms with Crippen LogP contribution in [0.4, 0.5) is 0 Å². The van der Waals surface area contributed by atoms with Gasteiger partial charge < -0.3 is 10.3 Å². The SMILES string of the molecule is [B]NC(C(=O)O)C(C)CCC(C)I. The van der Waals surface area contributed by atoms with Gasteiger partial charge in [0.05, 0.1) is 6.04 Å². The van der Waals surface area contributed by atoms with Gasteiger partial charge in [-0.2, -0.15) is 0 Å². The van der Waals surface area contributed by atoms with E-state index < -0.39 is 12.0 Å². The molecule has 0 aliphatic rings. The molecule has 3 nitrogen and oxygen atoms in total. The summed E-state index contributed by atoms with van der Waals surface area (Å²) in [4.78, 5) is 10.7. The topological polar surface area (TPSA) is 49.3 Å². The molecule has 2 radical (unpaired) electrons. The Morgan fingerprint density at radius 1 is 1.54 bits per heavy atom. The summed E-state index contributed by atoms with van der Waals surface area (Å²) in [6.45, 7) is 4.01. The summed E-state index contributed by atoms with van der Waals surface area (Å²) >= 11 is 2.33. The lowest BCUT2D eigenvalue weighted by atomic mass is 9.95. The number of hydrogen-bond acceptors (Lipinski definition) is 2. The van der Waals surface area contributed by atoms with Gasteiger partial charge in [0.15, 0.2) is 7.98 Å². The van der Waals surface area contributed by atoms with Crippen LogP contribution in [0.5, 0.6) is 0 Å². The van der Waals surface area contributed by atoms with Crippen molar-refractivity contribution in [3.8, 4) is 0 Å². The van der Waals surface area contributed by atoms with Gasteiger partial charge in [-0.25, -0.2) is 0 Å². The number of hydrogen-bond donors (Lipinski definition) is 2. The maximum atomic E-state index is 10.7. The summed E-state index contributed by atoms with van der Waals surface area (Å²) in [5.74, 6) is -0.809. The van der Waals surface area contributed by atoms with Crippen molar-refractivity contribution < 1.29 is 9.90 Å². The Balaban J connectivity index is 3.91. The molecule has 0 rings (SSSR count). The number of carbonyl (C=O) groups is 1. The third kappa shape index (κ3) is 5.51. The summed E-state index contributed by atoms with van der Waals surface area (Å²) in [5, 5.41) is 11.1. The third-order valence-electron chi connectivity index (χ3n) is 2.03. The van der Waals surface area contributed by atoms with Crippen LogP contribution >= 0.6 is 22.6 Å². The first-order valence-electron chi connectivity index (χ1n) is 4.32. The first kappa shape index (κ1) is 13.2. The summed E-state index contributed by atoms with van der Waals surface area (Å²) in [6, 6.07) is -0.629. The molecule has 0 aromatic carbocycles. The van der Waals surface area contributed by atoms with Gasteiger partial charge in [0.25, 0.3) is 0 Å². The molecule has 0 saturated heterocycles. The Morgan fingerprint density at radius 2 is 2.08 bits per heavy atom. The van der Waals surface area contributed by atoms with Crippen LogP contribution in [0.2, 0.25) is 0 Å². The molecular weight excluding hydrogens is 280 g/mol. The predicted octanol–water partition coefficient (Wildman–Crippen LogP) is 1.35. The average molecular weight is 295 g/mol. The third-order valence-corrected chi connectivity index (χ3v) is 2.66. The number of alkyl halides is 1. The average Bonchev–Trinajstić information content (AvgIpc) is 2.01. The molecule has 2 N–H and O–H groups in total. The van der Waals surface area contributed by atoms with Gasteiger partial charge in [0.1, 0.15) is 0 Å². The van der Waals surface area contributed by atoms with E-state index in [-0.39, 0.29) is 5.92 Å². The molecule has 5 heteroatoms. The molecule has 0 amide bonds. The summed E-state index contributed by atoms with van der Waals surface area (Å²) in [5.41, 5.74) is 0. The minimum Gasteiger partial charge on any atom is -0.480 e. The molecule has 0 aliphatic carbocycles. The molecule has 13 heavy (non-hydrogen) atoms. The Bertz CT molecular complexity index is 166. The molecule has 74 valence electrons. The van der Waals surface area contributed by atoms with Gasteiger partial charge in [-0.1, -0.05) is 36.4 Å². The van der Waals surface area contributed by atoms with Gasteiger partial charge in [-0.05, 0) is 18.8 Å². The monoisotopic (exact) mass is 295 g/mol. The molecule has 0 fully saturated rings. The maximum absolute atomic E-state index is 10.7. The van der Waals surface area contributed by atoms with Crippen molar-refractivity contribution in [1.82, 2.24) is 5.23 Å². The molecule has 0 spiro atoms. The van der Waals surface area contributed by atoms with Crippen molar-refractivity contribution in [3.63, 3.8) is 0 Å². The second-order valence-electron chi connectivity index (χ2n) is 3.32. The van der Waals surface area contributed by atoms with E-state index in [1.165, 1.54) is 0 Å². The van der Waals surface area contributed by atoms with Crippen LogP contribution in [0.15, 0.2) is 0 Å². The van der Waals surface area contributed by atoms with Crippen LogP contribution in [-0.4, -0.2) is 29.0 Å². The van der Waals surface area contributed by atoms with Crippen LogP contribution in [0, 0.1) is 5.92 Å². The Labute approximate surface area is 94.2 Å². The van der Waals surface area contributed by atoms with Gasteiger partial charge in [0, 0.05) is 3.92 Å². The van der Waals surface area contributed by atoms with Gasteiger partial charge in [0.2, 0.25) is 0 Å². The second kappa shape index (κ2) is 6.65. The van der Waals surface area contributed by atoms with Crippen molar-refractivity contribution in [1.29, 1.82) is 0 Å². The molecule has 3 unspecified atom stereocenters. The molecule has 0 bridgehead atoms. The van der Waals surface area contributed by atoms with E-state index in [0.29, 0.717) is 3.92 Å². The number of carboxylic acids is 1. The molecular formula is C8H15BINO2. The van der Waals surface area contributed by atoms with Gasteiger partial charge >= 0.3 is 5.97 Å². The Morgan fingerprint density at radius 3 is 2.38 bits per heavy atom. The number of rotatable bonds is 6. The lowest BCUT2D eigenvalue weighted by molar-refractivity contribution is -0.140. The summed E-state index contributed by atoms with van der Waals surface area (Å²) in [7, 11) is 5.15. The highest BCUT2D eigenvalue weighted by atomic mass is 127. The van der Waals surface area contributed by atoms with E-state index in [9.17, 15) is 4.79 Å². The fraction of sp³-hybridized carbons (Fsp3) is 0.875. The van der Waals surface area contributed by atoms with Crippen molar-refractivity contribution >= 4 is 36.5 Å². The zero-order valence-electron chi connectivity index (χ0n) is 7.96. The molecule has 0 saturated carbocycles. The fourth-order valence-corrected chi connectivity index (χ4v) is 1.50. The Kier molecular flexibility index (Phi) is 6.76. The van der Waals surface area contributed by atoms with E-state index in [4.69, 9.17) is 13.1 Å². The van der Waals surface area contributed by atoms with E-state index in [2.05, 4.69) is 34.7 Å². The highest BCUT2D eigenvalue weighted by Gasteiger charge is 2.21. The zero-order valence-corrected chi connectivity index (χ0v) is 10.1. The smallest absolute Gasteiger partial charge is 0.319 e. The van der Waals surface area contributed by atoms with Gasteiger partial charge in [-0.15, -0.1) is 0 Å². The summed E-state index contributed by atoms with van der Waals surface area (Å²) in [6.07, 6.45) is 1.90. The molecule has 0 heterocycles. The lowest BCUT2D eigenvalue weighted by Gasteiger charge is -2.20. The number of nitrogens with one attached hydrogen (secondary N) is 1. The number of carboxylic acid groups (broad SMARTS) is 1. The van der Waals surface area contributed by atoms with E-state index in [0.717, 1.165) is 12.8 Å². The number of aliphatic carboxylic acids is 1. The van der Waals surface area contributed by atoms with Crippen LogP contribution in [-0.2, 0) is 4.79 Å². The summed E-state index contributed by atoms with van der Waals surface area (Å²) < 4.78 is 0.576. The molecule has 0 aromatic heterocycles. The minimum atomic E-state index is -0.879. The van der Waals surface area contributed by atoms with E-state index in [1.807, 2.05) is 6.92 Å². The quantitative estimate of drug-likeness (QED) is 0.442. The molecule has 0 aliphatic heterocycles. The van der Waals surface area contributed by atoms with E-state index in [1.54, 1.807) is 0 Å². The van der Waals surface area contributed by atoms with Crippen LogP contribution < -0.4 is 5.23 Å². The van der Waals surface area contributed by atoms with Gasteiger partial charge in [-0.3, -0.25) is 4.79 Å². The highest BCUT2D eigenvalue weighted by Crippen LogP contribution is 2.16. The first-order valence-corrected chi connectivity index (χ1v) is 5.56. The lowest BCUT2D eigenvalue weighted by Crippen LogP contribution is -2.40. The van der Waals surface area contributed by atoms with Crippen molar-refractivity contribution in [3.05, 3.63) is 0 Å². The largest absolute Gasteiger partial charge is 0.480 e. The van der Waals surface area contributed by atoms with Crippen LogP contribution in [0.3, 0.4) is 0 Å². The Hall–Kier alpha value is 0.225. The standard InChI is InChI=1S/C8H15BINO2/c1-5(3-4-6(2)10)7(11-9)8(12)13/h5-7,11H,3-4H2,1-2H3,(H,12,13). The van der Waals surface area contributed by atoms with Crippen LogP contribution in [0.25, 0.3) is 0 Å². The van der Waals surface area contributed by atoms with Crippen molar-refractivity contribution in [2.45, 2.75) is 36.7 Å². The fourth-order valence-electron chi connectivity index (χ4n) is 1.14. The van der Waals surface area contributed by atoms with Crippen molar-refractivity contribution in [2.75, 3.05) is 0 Å². The maximum Gasteiger partial charge on any atom is 0.319 e. The highest BCUT2D eigenvalue weighted by molar-refractivity contribution is 14.1.